The van der Waals surface area contributed by atoms with Gasteiger partial charge >= 0.3 is 6.61 Å². The molecule has 0 radical (unpaired) electrons. The quantitative estimate of drug-likeness (QED) is 0.754. The van der Waals surface area contributed by atoms with E-state index in [4.69, 9.17) is 5.11 Å². The molecule has 110 valence electrons. The maximum absolute atomic E-state index is 11.9. The Morgan fingerprint density at radius 3 is 2.60 bits per heavy atom. The molecule has 0 aliphatic rings. The van der Waals surface area contributed by atoms with Crippen molar-refractivity contribution in [1.29, 1.82) is 0 Å². The third kappa shape index (κ3) is 6.29. The van der Waals surface area contributed by atoms with E-state index in [9.17, 15) is 13.6 Å². The molecular formula is C14H17F2NO3. The lowest BCUT2D eigenvalue weighted by Crippen LogP contribution is -2.27. The molecule has 2 N–H and O–H groups in total. The van der Waals surface area contributed by atoms with Crippen molar-refractivity contribution in [1.82, 2.24) is 5.32 Å². The van der Waals surface area contributed by atoms with Crippen LogP contribution in [0.5, 0.6) is 5.75 Å². The Morgan fingerprint density at radius 1 is 1.40 bits per heavy atom. The Balaban J connectivity index is 2.47. The molecule has 0 bridgehead atoms. The van der Waals surface area contributed by atoms with Crippen molar-refractivity contribution in [2.75, 3.05) is 13.2 Å². The van der Waals surface area contributed by atoms with Crippen LogP contribution in [0.1, 0.15) is 12.5 Å². The van der Waals surface area contributed by atoms with Crippen molar-refractivity contribution < 1.29 is 23.4 Å². The number of hydrogen-bond donors (Lipinski definition) is 2. The number of benzene rings is 1. The van der Waals surface area contributed by atoms with Gasteiger partial charge in [0, 0.05) is 19.2 Å². The van der Waals surface area contributed by atoms with E-state index in [1.165, 1.54) is 18.2 Å². The van der Waals surface area contributed by atoms with Gasteiger partial charge in [0.25, 0.3) is 0 Å². The highest BCUT2D eigenvalue weighted by Crippen LogP contribution is 2.15. The lowest BCUT2D eigenvalue weighted by Gasteiger charge is -2.07. The summed E-state index contributed by atoms with van der Waals surface area (Å²) >= 11 is 0. The summed E-state index contributed by atoms with van der Waals surface area (Å²) in [4.78, 5) is 11.4. The fourth-order valence-corrected chi connectivity index (χ4v) is 1.33. The van der Waals surface area contributed by atoms with E-state index >= 15 is 0 Å². The molecule has 6 heteroatoms. The zero-order valence-corrected chi connectivity index (χ0v) is 11.1. The summed E-state index contributed by atoms with van der Waals surface area (Å²) in [6.45, 7) is -0.641. The van der Waals surface area contributed by atoms with Crippen LogP contribution in [-0.2, 0) is 4.79 Å². The monoisotopic (exact) mass is 285 g/mol. The number of hydrogen-bond acceptors (Lipinski definition) is 3. The van der Waals surface area contributed by atoms with E-state index in [1.807, 2.05) is 6.92 Å². The molecule has 0 aliphatic heterocycles. The van der Waals surface area contributed by atoms with E-state index in [0.29, 0.717) is 12.1 Å². The Morgan fingerprint density at radius 2 is 2.05 bits per heavy atom. The first-order valence-electron chi connectivity index (χ1n) is 6.13. The van der Waals surface area contributed by atoms with Crippen molar-refractivity contribution in [3.05, 3.63) is 35.9 Å². The van der Waals surface area contributed by atoms with Crippen LogP contribution in [0.15, 0.2) is 30.3 Å². The van der Waals surface area contributed by atoms with Gasteiger partial charge in [-0.3, -0.25) is 4.79 Å². The van der Waals surface area contributed by atoms with E-state index < -0.39 is 6.61 Å². The fourth-order valence-electron chi connectivity index (χ4n) is 1.33. The first kappa shape index (κ1) is 16.1. The summed E-state index contributed by atoms with van der Waals surface area (Å²) in [5, 5.41) is 11.4. The SMILES string of the molecule is CC(CO)CNC(=O)/C=C/c1ccc(OC(F)F)cc1. The highest BCUT2D eigenvalue weighted by molar-refractivity contribution is 5.91. The summed E-state index contributed by atoms with van der Waals surface area (Å²) < 4.78 is 28.1. The molecule has 1 atom stereocenters. The molecule has 0 fully saturated rings. The van der Waals surface area contributed by atoms with Crippen LogP contribution in [0, 0.1) is 5.92 Å². The summed E-state index contributed by atoms with van der Waals surface area (Å²) in [5.41, 5.74) is 0.692. The van der Waals surface area contributed by atoms with Gasteiger partial charge < -0.3 is 15.2 Å². The van der Waals surface area contributed by atoms with E-state index in [1.54, 1.807) is 18.2 Å². The number of rotatable bonds is 7. The minimum absolute atomic E-state index is 0.00173. The Labute approximate surface area is 116 Å². The van der Waals surface area contributed by atoms with Gasteiger partial charge in [0.2, 0.25) is 5.91 Å². The largest absolute Gasteiger partial charge is 0.435 e. The van der Waals surface area contributed by atoms with Crippen LogP contribution in [0.2, 0.25) is 0 Å². The lowest BCUT2D eigenvalue weighted by atomic mass is 10.2. The molecule has 1 rings (SSSR count). The molecule has 0 saturated heterocycles. The summed E-state index contributed by atoms with van der Waals surface area (Å²) in [6.07, 6.45) is 2.90. The highest BCUT2D eigenvalue weighted by Gasteiger charge is 2.03. The maximum atomic E-state index is 11.9. The molecule has 1 amide bonds. The first-order chi connectivity index (χ1) is 9.51. The number of carbonyl (C=O) groups excluding carboxylic acids is 1. The number of amides is 1. The van der Waals surface area contributed by atoms with Crippen molar-refractivity contribution in [2.45, 2.75) is 13.5 Å². The van der Waals surface area contributed by atoms with Gasteiger partial charge in [0.1, 0.15) is 5.75 Å². The van der Waals surface area contributed by atoms with Crippen LogP contribution in [-0.4, -0.2) is 30.8 Å². The molecule has 0 spiro atoms. The van der Waals surface area contributed by atoms with Crippen molar-refractivity contribution >= 4 is 12.0 Å². The van der Waals surface area contributed by atoms with Crippen LogP contribution in [0.25, 0.3) is 6.08 Å². The molecule has 0 aliphatic carbocycles. The summed E-state index contributed by atoms with van der Waals surface area (Å²) in [6, 6.07) is 5.94. The Bertz CT molecular complexity index is 446. The molecule has 4 nitrogen and oxygen atoms in total. The molecule has 0 saturated carbocycles. The normalized spacial score (nSPS) is 12.7. The predicted molar refractivity (Wildman–Crippen MR) is 71.4 cm³/mol. The van der Waals surface area contributed by atoms with Gasteiger partial charge in [0.05, 0.1) is 0 Å². The van der Waals surface area contributed by atoms with Crippen molar-refractivity contribution in [2.24, 2.45) is 5.92 Å². The number of nitrogens with one attached hydrogen (secondary N) is 1. The number of aliphatic hydroxyl groups is 1. The Kier molecular flexibility index (Phi) is 6.66. The molecule has 0 heterocycles. The molecule has 1 aromatic carbocycles. The Hall–Kier alpha value is -1.95. The predicted octanol–water partition coefficient (Wildman–Crippen LogP) is 2.05. The lowest BCUT2D eigenvalue weighted by molar-refractivity contribution is -0.116. The van der Waals surface area contributed by atoms with Crippen molar-refractivity contribution in [3.63, 3.8) is 0 Å². The molecule has 0 aromatic heterocycles. The third-order valence-corrected chi connectivity index (χ3v) is 2.47. The van der Waals surface area contributed by atoms with E-state index in [2.05, 4.69) is 10.1 Å². The number of carbonyl (C=O) groups is 1. The standard InChI is InChI=1S/C14H17F2NO3/c1-10(9-18)8-17-13(19)7-4-11-2-5-12(6-3-11)20-14(15)16/h2-7,10,14,18H,8-9H2,1H3,(H,17,19)/b7-4+. The van der Waals surface area contributed by atoms with Crippen molar-refractivity contribution in [3.8, 4) is 5.75 Å². The fraction of sp³-hybridized carbons (Fsp3) is 0.357. The van der Waals surface area contributed by atoms with Crippen LogP contribution >= 0.6 is 0 Å². The first-order valence-corrected chi connectivity index (χ1v) is 6.13. The van der Waals surface area contributed by atoms with Gasteiger partial charge in [-0.1, -0.05) is 19.1 Å². The summed E-state index contributed by atoms with van der Waals surface area (Å²) in [7, 11) is 0. The van der Waals surface area contributed by atoms with E-state index in [0.717, 1.165) is 0 Å². The number of halogens is 2. The molecule has 20 heavy (non-hydrogen) atoms. The van der Waals surface area contributed by atoms with E-state index in [-0.39, 0.29) is 24.2 Å². The van der Waals surface area contributed by atoms with Gasteiger partial charge in [-0.15, -0.1) is 0 Å². The second-order valence-corrected chi connectivity index (χ2v) is 4.31. The maximum Gasteiger partial charge on any atom is 0.387 e. The number of aliphatic hydroxyl groups excluding tert-OH is 1. The second-order valence-electron chi connectivity index (χ2n) is 4.31. The van der Waals surface area contributed by atoms with Gasteiger partial charge in [0.15, 0.2) is 0 Å². The summed E-state index contributed by atoms with van der Waals surface area (Å²) in [5.74, 6) is -0.213. The minimum Gasteiger partial charge on any atom is -0.435 e. The van der Waals surface area contributed by atoms with Crippen LogP contribution < -0.4 is 10.1 Å². The number of ether oxygens (including phenoxy) is 1. The van der Waals surface area contributed by atoms with Crippen LogP contribution in [0.3, 0.4) is 0 Å². The molecule has 1 unspecified atom stereocenters. The highest BCUT2D eigenvalue weighted by atomic mass is 19.3. The second kappa shape index (κ2) is 8.27. The van der Waals surface area contributed by atoms with Gasteiger partial charge in [-0.05, 0) is 29.7 Å². The zero-order valence-electron chi connectivity index (χ0n) is 11.1. The molecular weight excluding hydrogens is 268 g/mol. The average Bonchev–Trinajstić information content (AvgIpc) is 2.43. The third-order valence-electron chi connectivity index (χ3n) is 2.47. The average molecular weight is 285 g/mol. The molecule has 1 aromatic rings. The zero-order chi connectivity index (χ0) is 15.0. The smallest absolute Gasteiger partial charge is 0.387 e. The van der Waals surface area contributed by atoms with Crippen LogP contribution in [0.4, 0.5) is 8.78 Å². The minimum atomic E-state index is -2.85. The van der Waals surface area contributed by atoms with Gasteiger partial charge in [-0.25, -0.2) is 0 Å². The number of alkyl halides is 2. The topological polar surface area (TPSA) is 58.6 Å². The van der Waals surface area contributed by atoms with Gasteiger partial charge in [-0.2, -0.15) is 8.78 Å².